The standard InChI is InChI=1S/C16H11IN2O4/c17-9-10-1-6-14-11(7-10)8-15(18-14)16(20)23-13-4-2-12(3-5-13)19(21)22/h1-8,18H,9H2. The quantitative estimate of drug-likeness (QED) is 0.170. The summed E-state index contributed by atoms with van der Waals surface area (Å²) >= 11 is 2.28. The molecule has 0 aliphatic heterocycles. The van der Waals surface area contributed by atoms with Gasteiger partial charge in [-0.3, -0.25) is 10.1 Å². The highest BCUT2D eigenvalue weighted by atomic mass is 127. The number of halogens is 1. The summed E-state index contributed by atoms with van der Waals surface area (Å²) < 4.78 is 6.12. The van der Waals surface area contributed by atoms with Crippen LogP contribution in [0.1, 0.15) is 16.1 Å². The molecule has 1 aromatic heterocycles. The Balaban J connectivity index is 1.81. The van der Waals surface area contributed by atoms with Crippen molar-refractivity contribution in [3.05, 3.63) is 69.9 Å². The molecule has 0 aliphatic carbocycles. The lowest BCUT2D eigenvalue weighted by Gasteiger charge is -2.02. The smallest absolute Gasteiger partial charge is 0.360 e. The summed E-state index contributed by atoms with van der Waals surface area (Å²) in [5.41, 5.74) is 2.31. The fourth-order valence-electron chi connectivity index (χ4n) is 2.17. The number of hydrogen-bond acceptors (Lipinski definition) is 4. The molecule has 0 radical (unpaired) electrons. The fraction of sp³-hybridized carbons (Fsp3) is 0.0625. The fourth-order valence-corrected chi connectivity index (χ4v) is 2.65. The molecule has 0 fully saturated rings. The van der Waals surface area contributed by atoms with Gasteiger partial charge in [0, 0.05) is 27.5 Å². The average molecular weight is 422 g/mol. The van der Waals surface area contributed by atoms with Crippen LogP contribution in [0.15, 0.2) is 48.5 Å². The Hall–Kier alpha value is -2.42. The normalized spacial score (nSPS) is 10.7. The maximum atomic E-state index is 12.2. The molecule has 6 nitrogen and oxygen atoms in total. The van der Waals surface area contributed by atoms with Gasteiger partial charge < -0.3 is 9.72 Å². The lowest BCUT2D eigenvalue weighted by Crippen LogP contribution is -2.08. The monoisotopic (exact) mass is 422 g/mol. The van der Waals surface area contributed by atoms with Crippen LogP contribution in [0.2, 0.25) is 0 Å². The minimum Gasteiger partial charge on any atom is -0.422 e. The third-order valence-corrected chi connectivity index (χ3v) is 4.20. The van der Waals surface area contributed by atoms with Crippen LogP contribution in [-0.2, 0) is 4.43 Å². The Morgan fingerprint density at radius 1 is 1.17 bits per heavy atom. The second kappa shape index (κ2) is 6.37. The molecular formula is C16H11IN2O4. The van der Waals surface area contributed by atoms with Crippen molar-refractivity contribution in [1.82, 2.24) is 4.98 Å². The number of nitrogens with zero attached hydrogens (tertiary/aromatic N) is 1. The topological polar surface area (TPSA) is 85.2 Å². The van der Waals surface area contributed by atoms with Crippen molar-refractivity contribution >= 4 is 45.2 Å². The zero-order valence-corrected chi connectivity index (χ0v) is 13.9. The van der Waals surface area contributed by atoms with E-state index in [2.05, 4.69) is 27.6 Å². The first-order valence-electron chi connectivity index (χ1n) is 6.71. The maximum absolute atomic E-state index is 12.2. The highest BCUT2D eigenvalue weighted by Gasteiger charge is 2.13. The molecule has 23 heavy (non-hydrogen) atoms. The van der Waals surface area contributed by atoms with Gasteiger partial charge >= 0.3 is 5.97 Å². The number of fused-ring (bicyclic) bond motifs is 1. The number of esters is 1. The molecule has 1 N–H and O–H groups in total. The molecule has 0 bridgehead atoms. The van der Waals surface area contributed by atoms with Gasteiger partial charge in [0.2, 0.25) is 0 Å². The highest BCUT2D eigenvalue weighted by molar-refractivity contribution is 14.1. The van der Waals surface area contributed by atoms with E-state index in [1.165, 1.54) is 29.8 Å². The Morgan fingerprint density at radius 2 is 1.91 bits per heavy atom. The van der Waals surface area contributed by atoms with Crippen LogP contribution in [0.4, 0.5) is 5.69 Å². The average Bonchev–Trinajstić information content (AvgIpc) is 2.98. The third kappa shape index (κ3) is 3.34. The summed E-state index contributed by atoms with van der Waals surface area (Å²) in [6.45, 7) is 0. The van der Waals surface area contributed by atoms with Gasteiger partial charge in [-0.25, -0.2) is 4.79 Å². The lowest BCUT2D eigenvalue weighted by atomic mass is 10.2. The Kier molecular flexibility index (Phi) is 4.28. The second-order valence-corrected chi connectivity index (χ2v) is 5.64. The number of rotatable bonds is 4. The molecule has 0 spiro atoms. The molecule has 7 heteroatoms. The predicted octanol–water partition coefficient (Wildman–Crippen LogP) is 4.23. The Labute approximate surface area is 144 Å². The number of non-ortho nitro benzene ring substituents is 1. The number of ether oxygens (including phenoxy) is 1. The molecule has 116 valence electrons. The molecule has 0 saturated heterocycles. The van der Waals surface area contributed by atoms with Crippen molar-refractivity contribution in [2.24, 2.45) is 0 Å². The molecule has 0 unspecified atom stereocenters. The third-order valence-electron chi connectivity index (χ3n) is 3.32. The van der Waals surface area contributed by atoms with Gasteiger partial charge in [-0.2, -0.15) is 0 Å². The molecule has 0 atom stereocenters. The van der Waals surface area contributed by atoms with Gasteiger partial charge in [-0.05, 0) is 35.9 Å². The van der Waals surface area contributed by atoms with E-state index in [1.54, 1.807) is 6.07 Å². The lowest BCUT2D eigenvalue weighted by molar-refractivity contribution is -0.384. The highest BCUT2D eigenvalue weighted by Crippen LogP contribution is 2.21. The summed E-state index contributed by atoms with van der Waals surface area (Å²) in [5, 5.41) is 11.5. The molecule has 2 aromatic carbocycles. The number of carbonyl (C=O) groups is 1. The van der Waals surface area contributed by atoms with Crippen molar-refractivity contribution in [3.8, 4) is 5.75 Å². The number of benzene rings is 2. The van der Waals surface area contributed by atoms with E-state index < -0.39 is 10.9 Å². The van der Waals surface area contributed by atoms with E-state index in [1.807, 2.05) is 18.2 Å². The zero-order valence-electron chi connectivity index (χ0n) is 11.8. The van der Waals surface area contributed by atoms with E-state index >= 15 is 0 Å². The van der Waals surface area contributed by atoms with Crippen LogP contribution in [0.3, 0.4) is 0 Å². The van der Waals surface area contributed by atoms with Gasteiger partial charge in [0.25, 0.3) is 5.69 Å². The number of nitrogens with one attached hydrogen (secondary N) is 1. The minimum absolute atomic E-state index is 0.0539. The molecule has 0 amide bonds. The van der Waals surface area contributed by atoms with Crippen LogP contribution in [-0.4, -0.2) is 15.9 Å². The first-order chi connectivity index (χ1) is 11.1. The van der Waals surface area contributed by atoms with E-state index in [0.717, 1.165) is 15.3 Å². The van der Waals surface area contributed by atoms with Gasteiger partial charge in [-0.1, -0.05) is 28.7 Å². The Morgan fingerprint density at radius 3 is 2.57 bits per heavy atom. The van der Waals surface area contributed by atoms with Crippen molar-refractivity contribution in [2.75, 3.05) is 0 Å². The van der Waals surface area contributed by atoms with Gasteiger partial charge in [0.1, 0.15) is 11.4 Å². The van der Waals surface area contributed by atoms with E-state index in [4.69, 9.17) is 4.74 Å². The van der Waals surface area contributed by atoms with Crippen LogP contribution < -0.4 is 4.74 Å². The number of hydrogen-bond donors (Lipinski definition) is 1. The van der Waals surface area contributed by atoms with Crippen molar-refractivity contribution in [3.63, 3.8) is 0 Å². The van der Waals surface area contributed by atoms with E-state index in [0.29, 0.717) is 5.69 Å². The van der Waals surface area contributed by atoms with Crippen LogP contribution in [0.5, 0.6) is 5.75 Å². The summed E-state index contributed by atoms with van der Waals surface area (Å²) in [5.74, 6) is -0.279. The largest absolute Gasteiger partial charge is 0.422 e. The van der Waals surface area contributed by atoms with Gasteiger partial charge in [0.15, 0.2) is 0 Å². The van der Waals surface area contributed by atoms with Crippen LogP contribution in [0.25, 0.3) is 10.9 Å². The number of H-pyrrole nitrogens is 1. The first-order valence-corrected chi connectivity index (χ1v) is 8.23. The van der Waals surface area contributed by atoms with Crippen molar-refractivity contribution < 1.29 is 14.5 Å². The van der Waals surface area contributed by atoms with E-state index in [-0.39, 0.29) is 11.4 Å². The number of aromatic nitrogens is 1. The second-order valence-electron chi connectivity index (χ2n) is 4.88. The number of nitro benzene ring substituents is 1. The first kappa shape index (κ1) is 15.5. The number of aromatic amines is 1. The summed E-state index contributed by atoms with van der Waals surface area (Å²) in [6, 6.07) is 13.0. The molecular weight excluding hydrogens is 411 g/mol. The molecule has 3 aromatic rings. The Bertz CT molecular complexity index is 887. The zero-order chi connectivity index (χ0) is 16.4. The number of carbonyl (C=O) groups excluding carboxylic acids is 1. The van der Waals surface area contributed by atoms with Crippen LogP contribution in [0, 0.1) is 10.1 Å². The molecule has 0 aliphatic rings. The van der Waals surface area contributed by atoms with Gasteiger partial charge in [0.05, 0.1) is 4.92 Å². The summed E-state index contributed by atoms with van der Waals surface area (Å²) in [7, 11) is 0. The molecule has 3 rings (SSSR count). The van der Waals surface area contributed by atoms with Crippen LogP contribution >= 0.6 is 22.6 Å². The summed E-state index contributed by atoms with van der Waals surface area (Å²) in [4.78, 5) is 25.3. The number of alkyl halides is 1. The molecule has 0 saturated carbocycles. The van der Waals surface area contributed by atoms with Crippen molar-refractivity contribution in [1.29, 1.82) is 0 Å². The van der Waals surface area contributed by atoms with E-state index in [9.17, 15) is 14.9 Å². The summed E-state index contributed by atoms with van der Waals surface area (Å²) in [6.07, 6.45) is 0. The maximum Gasteiger partial charge on any atom is 0.360 e. The van der Waals surface area contributed by atoms with Gasteiger partial charge in [-0.15, -0.1) is 0 Å². The minimum atomic E-state index is -0.536. The number of nitro groups is 1. The predicted molar refractivity (Wildman–Crippen MR) is 94.1 cm³/mol. The van der Waals surface area contributed by atoms with Crippen molar-refractivity contribution in [2.45, 2.75) is 4.43 Å². The SMILES string of the molecule is O=C(Oc1ccc([N+](=O)[O-])cc1)c1cc2cc(CI)ccc2[nH]1. The molecule has 1 heterocycles.